The lowest BCUT2D eigenvalue weighted by Crippen LogP contribution is -2.14. The molecule has 1 aromatic carbocycles. The summed E-state index contributed by atoms with van der Waals surface area (Å²) in [6.07, 6.45) is 4.68. The number of nitrogens with zero attached hydrogens (tertiary/aromatic N) is 1. The standard InChI is InChI=1S/C15H15N3O3/c1-21-14(20)10-7-4-8-11-12(10)17-15(16-11)18-13(19)9-5-2-3-6-9/h4-5,7-8H,2-3,6H2,1H3,(H2,16,17,18,19). The summed E-state index contributed by atoms with van der Waals surface area (Å²) in [6.45, 7) is 0. The van der Waals surface area contributed by atoms with Crippen LogP contribution in [-0.2, 0) is 9.53 Å². The molecule has 0 spiro atoms. The number of rotatable bonds is 3. The molecule has 0 fully saturated rings. The van der Waals surface area contributed by atoms with E-state index in [9.17, 15) is 9.59 Å². The molecule has 0 unspecified atom stereocenters. The molecular formula is C15H15N3O3. The fourth-order valence-corrected chi connectivity index (χ4v) is 2.43. The van der Waals surface area contributed by atoms with Crippen molar-refractivity contribution in [1.29, 1.82) is 0 Å². The summed E-state index contributed by atoms with van der Waals surface area (Å²) in [4.78, 5) is 31.0. The fraction of sp³-hybridized carbons (Fsp3) is 0.267. The topological polar surface area (TPSA) is 84.1 Å². The molecule has 0 aliphatic heterocycles. The third kappa shape index (κ3) is 2.52. The first-order chi connectivity index (χ1) is 10.2. The zero-order valence-electron chi connectivity index (χ0n) is 11.6. The maximum absolute atomic E-state index is 12.0. The lowest BCUT2D eigenvalue weighted by molar-refractivity contribution is -0.113. The van der Waals surface area contributed by atoms with Crippen LogP contribution in [0.5, 0.6) is 0 Å². The molecule has 6 heteroatoms. The second-order valence-electron chi connectivity index (χ2n) is 4.85. The van der Waals surface area contributed by atoms with Gasteiger partial charge in [0.05, 0.1) is 18.2 Å². The molecule has 1 aromatic heterocycles. The van der Waals surface area contributed by atoms with Crippen LogP contribution in [-0.4, -0.2) is 29.0 Å². The maximum atomic E-state index is 12.0. The smallest absolute Gasteiger partial charge is 0.340 e. The summed E-state index contributed by atoms with van der Waals surface area (Å²) in [5.41, 5.74) is 2.31. The van der Waals surface area contributed by atoms with Crippen LogP contribution in [0.25, 0.3) is 11.0 Å². The Labute approximate surface area is 121 Å². The molecule has 1 aliphatic rings. The number of carbonyl (C=O) groups excluding carboxylic acids is 2. The summed E-state index contributed by atoms with van der Waals surface area (Å²) in [6, 6.07) is 5.16. The molecule has 0 radical (unpaired) electrons. The van der Waals surface area contributed by atoms with Gasteiger partial charge in [-0.1, -0.05) is 12.1 Å². The van der Waals surface area contributed by atoms with Crippen molar-refractivity contribution < 1.29 is 14.3 Å². The number of aromatic amines is 1. The Balaban J connectivity index is 1.90. The van der Waals surface area contributed by atoms with Gasteiger partial charge in [0.1, 0.15) is 5.52 Å². The van der Waals surface area contributed by atoms with Crippen molar-refractivity contribution in [1.82, 2.24) is 9.97 Å². The second-order valence-corrected chi connectivity index (χ2v) is 4.85. The van der Waals surface area contributed by atoms with Crippen LogP contribution >= 0.6 is 0 Å². The molecule has 1 amide bonds. The van der Waals surface area contributed by atoms with Crippen molar-refractivity contribution in [2.45, 2.75) is 19.3 Å². The Morgan fingerprint density at radius 1 is 1.38 bits per heavy atom. The summed E-state index contributed by atoms with van der Waals surface area (Å²) < 4.78 is 4.73. The van der Waals surface area contributed by atoms with E-state index in [-0.39, 0.29) is 5.91 Å². The third-order valence-corrected chi connectivity index (χ3v) is 3.48. The number of allylic oxidation sites excluding steroid dienone is 1. The summed E-state index contributed by atoms with van der Waals surface area (Å²) in [5, 5.41) is 2.73. The van der Waals surface area contributed by atoms with Crippen molar-refractivity contribution in [3.63, 3.8) is 0 Å². The number of amides is 1. The molecule has 2 N–H and O–H groups in total. The van der Waals surface area contributed by atoms with Crippen molar-refractivity contribution >= 4 is 28.9 Å². The van der Waals surface area contributed by atoms with E-state index in [0.29, 0.717) is 22.5 Å². The van der Waals surface area contributed by atoms with Gasteiger partial charge in [0.2, 0.25) is 5.95 Å². The van der Waals surface area contributed by atoms with Crippen molar-refractivity contribution in [3.8, 4) is 0 Å². The van der Waals surface area contributed by atoms with Gasteiger partial charge in [0.25, 0.3) is 5.91 Å². The molecule has 6 nitrogen and oxygen atoms in total. The minimum atomic E-state index is -0.455. The number of ether oxygens (including phenoxy) is 1. The predicted octanol–water partition coefficient (Wildman–Crippen LogP) is 2.40. The molecule has 1 aliphatic carbocycles. The van der Waals surface area contributed by atoms with E-state index in [1.807, 2.05) is 6.08 Å². The number of para-hydroxylation sites is 1. The molecule has 0 bridgehead atoms. The first kappa shape index (κ1) is 13.4. The van der Waals surface area contributed by atoms with E-state index >= 15 is 0 Å². The largest absolute Gasteiger partial charge is 0.465 e. The fourth-order valence-electron chi connectivity index (χ4n) is 2.43. The number of aromatic nitrogens is 2. The number of esters is 1. The van der Waals surface area contributed by atoms with Crippen molar-refractivity contribution in [3.05, 3.63) is 35.4 Å². The molecule has 0 saturated carbocycles. The zero-order valence-corrected chi connectivity index (χ0v) is 11.6. The van der Waals surface area contributed by atoms with E-state index in [1.54, 1.807) is 18.2 Å². The number of fused-ring (bicyclic) bond motifs is 1. The highest BCUT2D eigenvalue weighted by Gasteiger charge is 2.17. The summed E-state index contributed by atoms with van der Waals surface area (Å²) in [5.74, 6) is -0.270. The number of carbonyl (C=O) groups is 2. The quantitative estimate of drug-likeness (QED) is 0.848. The highest BCUT2D eigenvalue weighted by Crippen LogP contribution is 2.22. The first-order valence-electron chi connectivity index (χ1n) is 6.76. The number of nitrogens with one attached hydrogen (secondary N) is 2. The Morgan fingerprint density at radius 3 is 2.95 bits per heavy atom. The molecule has 1 heterocycles. The van der Waals surface area contributed by atoms with Crippen molar-refractivity contribution in [2.75, 3.05) is 12.4 Å². The van der Waals surface area contributed by atoms with Gasteiger partial charge < -0.3 is 9.72 Å². The molecule has 108 valence electrons. The molecule has 3 rings (SSSR count). The van der Waals surface area contributed by atoms with E-state index in [4.69, 9.17) is 4.74 Å². The average Bonchev–Trinajstić information content (AvgIpc) is 3.14. The number of hydrogen-bond donors (Lipinski definition) is 2. The van der Waals surface area contributed by atoms with Gasteiger partial charge in [-0.25, -0.2) is 9.78 Å². The molecule has 2 aromatic rings. The average molecular weight is 285 g/mol. The highest BCUT2D eigenvalue weighted by molar-refractivity contribution is 6.05. The lowest BCUT2D eigenvalue weighted by atomic mass is 10.2. The van der Waals surface area contributed by atoms with Gasteiger partial charge in [-0.2, -0.15) is 0 Å². The van der Waals surface area contributed by atoms with E-state index < -0.39 is 5.97 Å². The number of benzene rings is 1. The predicted molar refractivity (Wildman–Crippen MR) is 78.0 cm³/mol. The number of anilines is 1. The Morgan fingerprint density at radius 2 is 2.24 bits per heavy atom. The SMILES string of the molecule is COC(=O)c1cccc2[nH]c(NC(=O)C3=CCCC3)nc12. The Hall–Kier alpha value is -2.63. The Kier molecular flexibility index (Phi) is 3.43. The van der Waals surface area contributed by atoms with Crippen LogP contribution in [0.1, 0.15) is 29.6 Å². The van der Waals surface area contributed by atoms with Crippen molar-refractivity contribution in [2.24, 2.45) is 0 Å². The molecule has 0 atom stereocenters. The maximum Gasteiger partial charge on any atom is 0.340 e. The minimum Gasteiger partial charge on any atom is -0.465 e. The van der Waals surface area contributed by atoms with Gasteiger partial charge in [-0.3, -0.25) is 10.1 Å². The number of methoxy groups -OCH3 is 1. The minimum absolute atomic E-state index is 0.147. The number of imidazole rings is 1. The van der Waals surface area contributed by atoms with Gasteiger partial charge >= 0.3 is 5.97 Å². The van der Waals surface area contributed by atoms with E-state index in [0.717, 1.165) is 24.8 Å². The zero-order chi connectivity index (χ0) is 14.8. The van der Waals surface area contributed by atoms with Gasteiger partial charge in [-0.05, 0) is 31.4 Å². The van der Waals surface area contributed by atoms with Crippen LogP contribution in [0.15, 0.2) is 29.8 Å². The monoisotopic (exact) mass is 285 g/mol. The third-order valence-electron chi connectivity index (χ3n) is 3.48. The molecule has 21 heavy (non-hydrogen) atoms. The number of hydrogen-bond acceptors (Lipinski definition) is 4. The normalized spacial score (nSPS) is 14.0. The van der Waals surface area contributed by atoms with Gasteiger partial charge in [0, 0.05) is 5.57 Å². The number of H-pyrrole nitrogens is 1. The highest BCUT2D eigenvalue weighted by atomic mass is 16.5. The van der Waals surface area contributed by atoms with Crippen LogP contribution < -0.4 is 5.32 Å². The van der Waals surface area contributed by atoms with Crippen LogP contribution in [0.4, 0.5) is 5.95 Å². The van der Waals surface area contributed by atoms with Crippen LogP contribution in [0.3, 0.4) is 0 Å². The molecular weight excluding hydrogens is 270 g/mol. The van der Waals surface area contributed by atoms with Crippen LogP contribution in [0, 0.1) is 0 Å². The van der Waals surface area contributed by atoms with E-state index in [2.05, 4.69) is 15.3 Å². The van der Waals surface area contributed by atoms with Gasteiger partial charge in [-0.15, -0.1) is 0 Å². The lowest BCUT2D eigenvalue weighted by Gasteiger charge is -2.01. The van der Waals surface area contributed by atoms with Crippen LogP contribution in [0.2, 0.25) is 0 Å². The summed E-state index contributed by atoms with van der Waals surface area (Å²) in [7, 11) is 1.32. The van der Waals surface area contributed by atoms with E-state index in [1.165, 1.54) is 7.11 Å². The second kappa shape index (κ2) is 5.40. The Bertz CT molecular complexity index is 746. The summed E-state index contributed by atoms with van der Waals surface area (Å²) >= 11 is 0. The molecule has 0 saturated heterocycles. The first-order valence-corrected chi connectivity index (χ1v) is 6.76. The van der Waals surface area contributed by atoms with Gasteiger partial charge in [0.15, 0.2) is 0 Å².